The van der Waals surface area contributed by atoms with E-state index in [2.05, 4.69) is 5.32 Å². The summed E-state index contributed by atoms with van der Waals surface area (Å²) in [6, 6.07) is 6.93. The summed E-state index contributed by atoms with van der Waals surface area (Å²) in [5, 5.41) is 3.11. The van der Waals surface area contributed by atoms with E-state index in [-0.39, 0.29) is 24.3 Å². The van der Waals surface area contributed by atoms with Gasteiger partial charge in [-0.1, -0.05) is 18.2 Å². The molecule has 0 saturated heterocycles. The van der Waals surface area contributed by atoms with Gasteiger partial charge in [-0.3, -0.25) is 4.79 Å². The van der Waals surface area contributed by atoms with Crippen molar-refractivity contribution in [2.24, 2.45) is 0 Å². The van der Waals surface area contributed by atoms with E-state index in [1.165, 1.54) is 6.07 Å². The molecule has 0 spiro atoms. The van der Waals surface area contributed by atoms with E-state index in [9.17, 15) is 9.18 Å². The van der Waals surface area contributed by atoms with E-state index >= 15 is 0 Å². The third-order valence-electron chi connectivity index (χ3n) is 3.58. The maximum atomic E-state index is 13.6. The summed E-state index contributed by atoms with van der Waals surface area (Å²) in [5.41, 5.74) is 0.602. The van der Waals surface area contributed by atoms with Crippen LogP contribution in [0.3, 0.4) is 0 Å². The number of nitrogens with one attached hydrogen (secondary N) is 1. The van der Waals surface area contributed by atoms with Crippen molar-refractivity contribution in [2.45, 2.75) is 38.8 Å². The van der Waals surface area contributed by atoms with E-state index < -0.39 is 0 Å². The van der Waals surface area contributed by atoms with Gasteiger partial charge in [0.05, 0.1) is 6.54 Å². The lowest BCUT2D eigenvalue weighted by molar-refractivity contribution is -0.130. The Bertz CT molecular complexity index is 446. The van der Waals surface area contributed by atoms with Gasteiger partial charge in [-0.25, -0.2) is 4.39 Å². The third-order valence-corrected chi connectivity index (χ3v) is 3.58. The second kappa shape index (κ2) is 6.15. The van der Waals surface area contributed by atoms with Crippen LogP contribution in [-0.2, 0) is 4.79 Å². The summed E-state index contributed by atoms with van der Waals surface area (Å²) in [7, 11) is 0. The molecule has 0 aliphatic heterocycles. The average Bonchev–Trinajstić information content (AvgIpc) is 3.22. The molecule has 0 unspecified atom stereocenters. The number of rotatable bonds is 6. The van der Waals surface area contributed by atoms with Crippen molar-refractivity contribution in [1.82, 2.24) is 10.2 Å². The van der Waals surface area contributed by atoms with Gasteiger partial charge < -0.3 is 10.2 Å². The summed E-state index contributed by atoms with van der Waals surface area (Å²) in [6.07, 6.45) is 2.23. The van der Waals surface area contributed by atoms with E-state index in [0.717, 1.165) is 19.4 Å². The summed E-state index contributed by atoms with van der Waals surface area (Å²) in [5.74, 6) is -0.127. The summed E-state index contributed by atoms with van der Waals surface area (Å²) < 4.78 is 13.6. The molecule has 4 heteroatoms. The van der Waals surface area contributed by atoms with Crippen molar-refractivity contribution in [3.63, 3.8) is 0 Å². The fourth-order valence-corrected chi connectivity index (χ4v) is 2.30. The predicted molar refractivity (Wildman–Crippen MR) is 73.2 cm³/mol. The normalized spacial score (nSPS) is 16.2. The number of likely N-dealkylation sites (N-methyl/N-ethyl adjacent to an activating group) is 1. The molecule has 0 aromatic heterocycles. The van der Waals surface area contributed by atoms with Crippen molar-refractivity contribution >= 4 is 5.91 Å². The fraction of sp³-hybridized carbons (Fsp3) is 0.533. The molecule has 0 radical (unpaired) electrons. The highest BCUT2D eigenvalue weighted by Gasteiger charge is 2.31. The molecule has 2 rings (SSSR count). The number of hydrogen-bond donors (Lipinski definition) is 1. The van der Waals surface area contributed by atoms with Crippen LogP contribution in [0, 0.1) is 5.82 Å². The molecule has 1 saturated carbocycles. The lowest BCUT2D eigenvalue weighted by atomic mass is 10.1. The van der Waals surface area contributed by atoms with Crippen LogP contribution < -0.4 is 5.32 Å². The first kappa shape index (κ1) is 14.0. The number of halogens is 1. The Balaban J connectivity index is 1.88. The Hall–Kier alpha value is -1.42. The molecular formula is C15H21FN2O. The number of carbonyl (C=O) groups excluding carboxylic acids is 1. The number of hydrogen-bond acceptors (Lipinski definition) is 2. The van der Waals surface area contributed by atoms with Crippen LogP contribution in [0.25, 0.3) is 0 Å². The van der Waals surface area contributed by atoms with Crippen LogP contribution in [0.1, 0.15) is 38.3 Å². The van der Waals surface area contributed by atoms with Gasteiger partial charge >= 0.3 is 0 Å². The zero-order valence-electron chi connectivity index (χ0n) is 11.5. The largest absolute Gasteiger partial charge is 0.339 e. The Morgan fingerprint density at radius 2 is 2.16 bits per heavy atom. The summed E-state index contributed by atoms with van der Waals surface area (Å²) >= 11 is 0. The van der Waals surface area contributed by atoms with Gasteiger partial charge in [-0.15, -0.1) is 0 Å². The smallest absolute Gasteiger partial charge is 0.236 e. The van der Waals surface area contributed by atoms with Gasteiger partial charge in [-0.2, -0.15) is 0 Å². The quantitative estimate of drug-likeness (QED) is 0.856. The highest BCUT2D eigenvalue weighted by atomic mass is 19.1. The molecule has 1 aromatic rings. The molecule has 1 aliphatic carbocycles. The van der Waals surface area contributed by atoms with Crippen molar-refractivity contribution in [2.75, 3.05) is 13.1 Å². The first-order chi connectivity index (χ1) is 9.13. The van der Waals surface area contributed by atoms with Crippen LogP contribution in [-0.4, -0.2) is 29.9 Å². The maximum absolute atomic E-state index is 13.6. The van der Waals surface area contributed by atoms with Gasteiger partial charge in [0, 0.05) is 24.2 Å². The Morgan fingerprint density at radius 1 is 1.47 bits per heavy atom. The highest BCUT2D eigenvalue weighted by Crippen LogP contribution is 2.26. The maximum Gasteiger partial charge on any atom is 0.236 e. The van der Waals surface area contributed by atoms with Crippen molar-refractivity contribution < 1.29 is 9.18 Å². The van der Waals surface area contributed by atoms with E-state index in [0.29, 0.717) is 11.6 Å². The molecule has 19 heavy (non-hydrogen) atoms. The van der Waals surface area contributed by atoms with E-state index in [1.807, 2.05) is 18.7 Å². The SMILES string of the molecule is CCN(C(=O)CN[C@H](C)c1ccccc1F)C1CC1. The van der Waals surface area contributed by atoms with Gasteiger partial charge in [0.15, 0.2) is 0 Å². The highest BCUT2D eigenvalue weighted by molar-refractivity contribution is 5.79. The Labute approximate surface area is 113 Å². The van der Waals surface area contributed by atoms with Crippen LogP contribution in [0.2, 0.25) is 0 Å². The molecule has 1 N–H and O–H groups in total. The van der Waals surface area contributed by atoms with Gasteiger partial charge in [0.2, 0.25) is 5.91 Å². The molecule has 1 aliphatic rings. The second-order valence-corrected chi connectivity index (χ2v) is 5.04. The average molecular weight is 264 g/mol. The van der Waals surface area contributed by atoms with Crippen LogP contribution >= 0.6 is 0 Å². The first-order valence-electron chi connectivity index (χ1n) is 6.90. The van der Waals surface area contributed by atoms with Crippen LogP contribution in [0.5, 0.6) is 0 Å². The number of nitrogens with zero attached hydrogens (tertiary/aromatic N) is 1. The molecule has 0 heterocycles. The number of amides is 1. The lowest BCUT2D eigenvalue weighted by Crippen LogP contribution is -2.40. The lowest BCUT2D eigenvalue weighted by Gasteiger charge is -2.22. The second-order valence-electron chi connectivity index (χ2n) is 5.04. The monoisotopic (exact) mass is 264 g/mol. The topological polar surface area (TPSA) is 32.3 Å². The molecular weight excluding hydrogens is 243 g/mol. The Morgan fingerprint density at radius 3 is 2.74 bits per heavy atom. The van der Waals surface area contributed by atoms with Gasteiger partial charge in [0.25, 0.3) is 0 Å². The van der Waals surface area contributed by atoms with E-state index in [4.69, 9.17) is 0 Å². The molecule has 3 nitrogen and oxygen atoms in total. The molecule has 1 atom stereocenters. The van der Waals surface area contributed by atoms with Gasteiger partial charge in [-0.05, 0) is 32.8 Å². The van der Waals surface area contributed by atoms with Gasteiger partial charge in [0.1, 0.15) is 5.82 Å². The minimum atomic E-state index is -0.232. The van der Waals surface area contributed by atoms with Crippen LogP contribution in [0.4, 0.5) is 4.39 Å². The minimum Gasteiger partial charge on any atom is -0.339 e. The zero-order chi connectivity index (χ0) is 13.8. The predicted octanol–water partition coefficient (Wildman–Crippen LogP) is 2.49. The molecule has 1 aromatic carbocycles. The fourth-order valence-electron chi connectivity index (χ4n) is 2.30. The third kappa shape index (κ3) is 3.53. The molecule has 104 valence electrons. The summed E-state index contributed by atoms with van der Waals surface area (Å²) in [4.78, 5) is 13.9. The Kier molecular flexibility index (Phi) is 4.53. The zero-order valence-corrected chi connectivity index (χ0v) is 11.5. The summed E-state index contributed by atoms with van der Waals surface area (Å²) in [6.45, 7) is 4.88. The minimum absolute atomic E-state index is 0.105. The molecule has 0 bridgehead atoms. The van der Waals surface area contributed by atoms with E-state index in [1.54, 1.807) is 18.2 Å². The molecule has 1 amide bonds. The standard InChI is InChI=1S/C15H21FN2O/c1-3-18(12-8-9-12)15(19)10-17-11(2)13-6-4-5-7-14(13)16/h4-7,11-12,17H,3,8-10H2,1-2H3/t11-/m1/s1. The van der Waals surface area contributed by atoms with Crippen LogP contribution in [0.15, 0.2) is 24.3 Å². The number of carbonyl (C=O) groups is 1. The molecule has 1 fully saturated rings. The number of benzene rings is 1. The van der Waals surface area contributed by atoms with Crippen molar-refractivity contribution in [3.05, 3.63) is 35.6 Å². The van der Waals surface area contributed by atoms with Crippen molar-refractivity contribution in [3.8, 4) is 0 Å². The van der Waals surface area contributed by atoms with Crippen molar-refractivity contribution in [1.29, 1.82) is 0 Å². The first-order valence-corrected chi connectivity index (χ1v) is 6.90.